The first-order chi connectivity index (χ1) is 9.95. The molecule has 0 aliphatic rings. The molecule has 5 heteroatoms. The van der Waals surface area contributed by atoms with Crippen LogP contribution in [0.15, 0.2) is 30.3 Å². The number of nitrogens with two attached hydrogens (primary N) is 1. The Kier molecular flexibility index (Phi) is 5.15. The van der Waals surface area contributed by atoms with Crippen molar-refractivity contribution >= 4 is 11.6 Å². The summed E-state index contributed by atoms with van der Waals surface area (Å²) < 4.78 is 19.0. The van der Waals surface area contributed by atoms with Crippen molar-refractivity contribution < 1.29 is 9.13 Å². The van der Waals surface area contributed by atoms with Crippen molar-refractivity contribution in [3.8, 4) is 5.75 Å². The van der Waals surface area contributed by atoms with Gasteiger partial charge in [0.15, 0.2) is 0 Å². The third-order valence-electron chi connectivity index (χ3n) is 2.98. The number of halogens is 2. The highest BCUT2D eigenvalue weighted by Gasteiger charge is 2.10. The van der Waals surface area contributed by atoms with Crippen LogP contribution < -0.4 is 10.5 Å². The fraction of sp³-hybridized carbons (Fsp3) is 0.312. The predicted molar refractivity (Wildman–Crippen MR) is 82.1 cm³/mol. The van der Waals surface area contributed by atoms with E-state index in [-0.39, 0.29) is 18.5 Å². The van der Waals surface area contributed by atoms with E-state index < -0.39 is 0 Å². The maximum absolute atomic E-state index is 13.2. The van der Waals surface area contributed by atoms with Crippen LogP contribution in [-0.4, -0.2) is 11.0 Å². The maximum Gasteiger partial charge on any atom is 0.141 e. The molecule has 1 aromatic carbocycles. The first kappa shape index (κ1) is 15.7. The van der Waals surface area contributed by atoms with Crippen molar-refractivity contribution in [3.05, 3.63) is 58.1 Å². The molecule has 1 unspecified atom stereocenters. The molecule has 3 nitrogen and oxygen atoms in total. The van der Waals surface area contributed by atoms with E-state index in [0.717, 1.165) is 11.4 Å². The lowest BCUT2D eigenvalue weighted by Gasteiger charge is -2.13. The fourth-order valence-electron chi connectivity index (χ4n) is 1.99. The summed E-state index contributed by atoms with van der Waals surface area (Å²) in [6.45, 7) is 4.02. The third kappa shape index (κ3) is 4.41. The van der Waals surface area contributed by atoms with Crippen LogP contribution in [0.3, 0.4) is 0 Å². The fourth-order valence-corrected chi connectivity index (χ4v) is 2.16. The van der Waals surface area contributed by atoms with Crippen LogP contribution in [-0.2, 0) is 13.0 Å². The van der Waals surface area contributed by atoms with Gasteiger partial charge in [-0.05, 0) is 44.2 Å². The summed E-state index contributed by atoms with van der Waals surface area (Å²) in [5, 5.41) is 0.477. The molecule has 2 aromatic rings. The molecule has 0 saturated carbocycles. The smallest absolute Gasteiger partial charge is 0.141 e. The molecule has 0 aliphatic carbocycles. The van der Waals surface area contributed by atoms with Gasteiger partial charge >= 0.3 is 0 Å². The van der Waals surface area contributed by atoms with Crippen LogP contribution in [0.25, 0.3) is 0 Å². The van der Waals surface area contributed by atoms with Crippen LogP contribution in [0.1, 0.15) is 23.9 Å². The van der Waals surface area contributed by atoms with E-state index in [9.17, 15) is 4.39 Å². The number of nitrogens with zero attached hydrogens (tertiary/aromatic N) is 1. The minimum absolute atomic E-state index is 0.0144. The summed E-state index contributed by atoms with van der Waals surface area (Å²) in [5.74, 6) is 0.314. The number of aryl methyl sites for hydroxylation is 1. The van der Waals surface area contributed by atoms with Gasteiger partial charge in [0.1, 0.15) is 18.2 Å². The molecule has 2 N–H and O–H groups in total. The van der Waals surface area contributed by atoms with E-state index in [1.165, 1.54) is 18.2 Å². The summed E-state index contributed by atoms with van der Waals surface area (Å²) in [4.78, 5) is 4.45. The van der Waals surface area contributed by atoms with Crippen LogP contribution in [0.5, 0.6) is 5.75 Å². The van der Waals surface area contributed by atoms with Gasteiger partial charge in [-0.15, -0.1) is 0 Å². The van der Waals surface area contributed by atoms with Gasteiger partial charge in [0.2, 0.25) is 0 Å². The lowest BCUT2D eigenvalue weighted by atomic mass is 10.1. The van der Waals surface area contributed by atoms with E-state index in [4.69, 9.17) is 22.1 Å². The Morgan fingerprint density at radius 2 is 2.10 bits per heavy atom. The van der Waals surface area contributed by atoms with Crippen LogP contribution in [0.2, 0.25) is 5.02 Å². The molecule has 0 fully saturated rings. The average Bonchev–Trinajstić information content (AvgIpc) is 2.41. The quantitative estimate of drug-likeness (QED) is 0.917. The van der Waals surface area contributed by atoms with Crippen molar-refractivity contribution in [1.82, 2.24) is 4.98 Å². The molecule has 1 heterocycles. The molecule has 1 atom stereocenters. The molecule has 0 bridgehead atoms. The molecule has 0 spiro atoms. The molecule has 0 radical (unpaired) electrons. The average molecular weight is 309 g/mol. The monoisotopic (exact) mass is 308 g/mol. The highest BCUT2D eigenvalue weighted by molar-refractivity contribution is 6.31. The van der Waals surface area contributed by atoms with E-state index >= 15 is 0 Å². The van der Waals surface area contributed by atoms with E-state index in [1.54, 1.807) is 0 Å². The van der Waals surface area contributed by atoms with Crippen molar-refractivity contribution in [2.24, 2.45) is 5.73 Å². The molecule has 112 valence electrons. The Bertz CT molecular complexity index is 632. The molecule has 0 aliphatic heterocycles. The second kappa shape index (κ2) is 6.87. The van der Waals surface area contributed by atoms with Crippen LogP contribution in [0.4, 0.5) is 4.39 Å². The topological polar surface area (TPSA) is 48.1 Å². The van der Waals surface area contributed by atoms with Gasteiger partial charge in [-0.1, -0.05) is 11.6 Å². The number of pyridine rings is 1. The zero-order valence-corrected chi connectivity index (χ0v) is 12.8. The third-order valence-corrected chi connectivity index (χ3v) is 3.35. The molecule has 0 saturated heterocycles. The van der Waals surface area contributed by atoms with Gasteiger partial charge in [-0.3, -0.25) is 4.98 Å². The van der Waals surface area contributed by atoms with E-state index in [1.807, 2.05) is 26.0 Å². The number of ether oxygens (including phenoxy) is 1. The number of hydrogen-bond acceptors (Lipinski definition) is 3. The normalized spacial score (nSPS) is 12.2. The number of aromatic nitrogens is 1. The van der Waals surface area contributed by atoms with Crippen LogP contribution in [0, 0.1) is 12.7 Å². The summed E-state index contributed by atoms with van der Waals surface area (Å²) in [6, 6.07) is 7.92. The minimum atomic E-state index is -0.337. The van der Waals surface area contributed by atoms with Crippen molar-refractivity contribution in [1.29, 1.82) is 0 Å². The van der Waals surface area contributed by atoms with Crippen molar-refractivity contribution in [2.75, 3.05) is 0 Å². The first-order valence-corrected chi connectivity index (χ1v) is 7.12. The molecule has 2 rings (SSSR count). The summed E-state index contributed by atoms with van der Waals surface area (Å²) in [6.07, 6.45) is 0.619. The van der Waals surface area contributed by atoms with E-state index in [0.29, 0.717) is 22.8 Å². The lowest BCUT2D eigenvalue weighted by molar-refractivity contribution is 0.300. The van der Waals surface area contributed by atoms with Gasteiger partial charge in [0, 0.05) is 28.7 Å². The zero-order valence-electron chi connectivity index (χ0n) is 12.1. The molecule has 21 heavy (non-hydrogen) atoms. The van der Waals surface area contributed by atoms with Crippen molar-refractivity contribution in [3.63, 3.8) is 0 Å². The first-order valence-electron chi connectivity index (χ1n) is 6.74. The Morgan fingerprint density at radius 3 is 2.81 bits per heavy atom. The SMILES string of the molecule is Cc1ccc(OCc2cc(F)ccc2Cl)c(CC(C)N)n1. The van der Waals surface area contributed by atoms with E-state index in [2.05, 4.69) is 4.98 Å². The highest BCUT2D eigenvalue weighted by atomic mass is 35.5. The minimum Gasteiger partial charge on any atom is -0.487 e. The zero-order chi connectivity index (χ0) is 15.4. The number of rotatable bonds is 5. The molecule has 1 aromatic heterocycles. The Balaban J connectivity index is 2.17. The Morgan fingerprint density at radius 1 is 1.33 bits per heavy atom. The van der Waals surface area contributed by atoms with Gasteiger partial charge in [-0.25, -0.2) is 4.39 Å². The Hall–Kier alpha value is -1.65. The second-order valence-corrected chi connectivity index (χ2v) is 5.51. The Labute approximate surface area is 128 Å². The second-order valence-electron chi connectivity index (χ2n) is 5.10. The van der Waals surface area contributed by atoms with Crippen LogP contribution >= 0.6 is 11.6 Å². The van der Waals surface area contributed by atoms with Gasteiger partial charge < -0.3 is 10.5 Å². The maximum atomic E-state index is 13.2. The summed E-state index contributed by atoms with van der Waals surface area (Å²) in [5.41, 5.74) is 8.14. The summed E-state index contributed by atoms with van der Waals surface area (Å²) >= 11 is 6.03. The number of benzene rings is 1. The van der Waals surface area contributed by atoms with Gasteiger partial charge in [0.05, 0.1) is 5.69 Å². The largest absolute Gasteiger partial charge is 0.487 e. The standard InChI is InChI=1S/C16H18ClFN2O/c1-10(19)7-15-16(6-3-11(2)20-15)21-9-12-8-13(18)4-5-14(12)17/h3-6,8,10H,7,9,19H2,1-2H3. The highest BCUT2D eigenvalue weighted by Crippen LogP contribution is 2.23. The molecular weight excluding hydrogens is 291 g/mol. The predicted octanol–water partition coefficient (Wildman–Crippen LogP) is 3.65. The summed E-state index contributed by atoms with van der Waals surface area (Å²) in [7, 11) is 0. The molecule has 0 amide bonds. The van der Waals surface area contributed by atoms with Gasteiger partial charge in [0.25, 0.3) is 0 Å². The molecular formula is C16H18ClFN2O. The van der Waals surface area contributed by atoms with Gasteiger partial charge in [-0.2, -0.15) is 0 Å². The lowest BCUT2D eigenvalue weighted by Crippen LogP contribution is -2.19. The van der Waals surface area contributed by atoms with Crippen molar-refractivity contribution in [2.45, 2.75) is 32.9 Å². The number of hydrogen-bond donors (Lipinski definition) is 1.